The predicted molar refractivity (Wildman–Crippen MR) is 89.9 cm³/mol. The van der Waals surface area contributed by atoms with Gasteiger partial charge >= 0.3 is 0 Å². The van der Waals surface area contributed by atoms with Gasteiger partial charge in [0, 0.05) is 25.6 Å². The molecule has 3 atom stereocenters. The maximum absolute atomic E-state index is 12.4. The van der Waals surface area contributed by atoms with Gasteiger partial charge in [0.2, 0.25) is 0 Å². The van der Waals surface area contributed by atoms with Gasteiger partial charge in [-0.25, -0.2) is 8.42 Å². The number of sulfone groups is 1. The first-order valence-electron chi connectivity index (χ1n) is 8.71. The summed E-state index contributed by atoms with van der Waals surface area (Å²) in [6.07, 6.45) is 3.35. The average molecular weight is 335 g/mol. The van der Waals surface area contributed by atoms with E-state index in [2.05, 4.69) is 17.0 Å². The molecule has 5 heteroatoms. The molecule has 0 aromatic heterocycles. The van der Waals surface area contributed by atoms with Gasteiger partial charge in [0.25, 0.3) is 0 Å². The zero-order valence-corrected chi connectivity index (χ0v) is 14.2. The van der Waals surface area contributed by atoms with E-state index in [0.29, 0.717) is 19.6 Å². The lowest BCUT2D eigenvalue weighted by molar-refractivity contribution is -0.000869. The summed E-state index contributed by atoms with van der Waals surface area (Å²) in [5.74, 6) is 1.24. The molecule has 4 rings (SSSR count). The molecule has 1 aromatic carbocycles. The summed E-state index contributed by atoms with van der Waals surface area (Å²) in [5.41, 5.74) is 1.16. The molecular weight excluding hydrogens is 310 g/mol. The van der Waals surface area contributed by atoms with Crippen molar-refractivity contribution in [1.29, 1.82) is 0 Å². The Morgan fingerprint density at radius 2 is 1.87 bits per heavy atom. The standard InChI is InChI=1S/C18H25NO3S/c20-23(21)9-8-17(22-13-15-4-2-1-3-5-15)16-11-19(12-18(16)23)10-14-6-7-14/h1-5,14,16-18H,6-13H2/t16-,17-,18-/m0/s1. The number of benzene rings is 1. The Morgan fingerprint density at radius 3 is 2.61 bits per heavy atom. The van der Waals surface area contributed by atoms with Crippen LogP contribution in [0.25, 0.3) is 0 Å². The number of rotatable bonds is 5. The van der Waals surface area contributed by atoms with E-state index in [0.717, 1.165) is 24.6 Å². The lowest BCUT2D eigenvalue weighted by Gasteiger charge is -2.32. The van der Waals surface area contributed by atoms with Crippen LogP contribution in [0.4, 0.5) is 0 Å². The second-order valence-corrected chi connectivity index (χ2v) is 9.69. The minimum atomic E-state index is -2.95. The molecule has 126 valence electrons. The molecule has 0 amide bonds. The number of hydrogen-bond acceptors (Lipinski definition) is 4. The van der Waals surface area contributed by atoms with Crippen molar-refractivity contribution < 1.29 is 13.2 Å². The van der Waals surface area contributed by atoms with Gasteiger partial charge in [-0.2, -0.15) is 0 Å². The van der Waals surface area contributed by atoms with Crippen molar-refractivity contribution in [2.45, 2.75) is 37.2 Å². The molecule has 3 aliphatic rings. The molecule has 1 saturated carbocycles. The van der Waals surface area contributed by atoms with Crippen LogP contribution < -0.4 is 0 Å². The fourth-order valence-corrected chi connectivity index (χ4v) is 6.16. The lowest BCUT2D eigenvalue weighted by Crippen LogP contribution is -2.44. The molecule has 0 spiro atoms. The highest BCUT2D eigenvalue weighted by atomic mass is 32.2. The molecule has 2 heterocycles. The molecule has 0 unspecified atom stereocenters. The summed E-state index contributed by atoms with van der Waals surface area (Å²) in [4.78, 5) is 2.37. The van der Waals surface area contributed by atoms with Gasteiger partial charge < -0.3 is 9.64 Å². The van der Waals surface area contributed by atoms with Crippen molar-refractivity contribution in [2.24, 2.45) is 11.8 Å². The van der Waals surface area contributed by atoms with Crippen molar-refractivity contribution in [3.63, 3.8) is 0 Å². The van der Waals surface area contributed by atoms with Crippen LogP contribution in [0.15, 0.2) is 30.3 Å². The Hall–Kier alpha value is -0.910. The summed E-state index contributed by atoms with van der Waals surface area (Å²) >= 11 is 0. The summed E-state index contributed by atoms with van der Waals surface area (Å²) in [5, 5.41) is -0.212. The molecule has 3 fully saturated rings. The average Bonchev–Trinajstić information content (AvgIpc) is 3.24. The molecule has 1 aliphatic carbocycles. The van der Waals surface area contributed by atoms with Crippen LogP contribution >= 0.6 is 0 Å². The Bertz CT molecular complexity index is 641. The third-order valence-corrected chi connectivity index (χ3v) is 7.76. The van der Waals surface area contributed by atoms with Crippen LogP contribution in [-0.4, -0.2) is 50.1 Å². The normalized spacial score (nSPS) is 33.5. The van der Waals surface area contributed by atoms with Crippen LogP contribution in [0, 0.1) is 11.8 Å². The largest absolute Gasteiger partial charge is 0.373 e. The minimum absolute atomic E-state index is 0.0768. The molecule has 4 nitrogen and oxygen atoms in total. The molecule has 2 aliphatic heterocycles. The fourth-order valence-electron chi connectivity index (χ4n) is 4.06. The number of nitrogens with zero attached hydrogens (tertiary/aromatic N) is 1. The predicted octanol–water partition coefficient (Wildman–Crippen LogP) is 2.10. The van der Waals surface area contributed by atoms with Crippen molar-refractivity contribution in [3.8, 4) is 0 Å². The molecule has 0 radical (unpaired) electrons. The third kappa shape index (κ3) is 3.47. The highest BCUT2D eigenvalue weighted by Crippen LogP contribution is 2.37. The van der Waals surface area contributed by atoms with E-state index in [1.54, 1.807) is 0 Å². The minimum Gasteiger partial charge on any atom is -0.373 e. The van der Waals surface area contributed by atoms with E-state index in [1.807, 2.05) is 18.2 Å². The second kappa shape index (κ2) is 6.19. The third-order valence-electron chi connectivity index (χ3n) is 5.53. The highest BCUT2D eigenvalue weighted by molar-refractivity contribution is 7.92. The van der Waals surface area contributed by atoms with E-state index < -0.39 is 9.84 Å². The lowest BCUT2D eigenvalue weighted by atomic mass is 9.98. The van der Waals surface area contributed by atoms with E-state index in [4.69, 9.17) is 4.74 Å². The Kier molecular flexibility index (Phi) is 4.20. The smallest absolute Gasteiger partial charge is 0.154 e. The number of likely N-dealkylation sites (tertiary alicyclic amines) is 1. The van der Waals surface area contributed by atoms with Gasteiger partial charge in [0.1, 0.15) is 0 Å². The Labute approximate surface area is 138 Å². The summed E-state index contributed by atoms with van der Waals surface area (Å²) < 4.78 is 31.0. The zero-order valence-electron chi connectivity index (χ0n) is 13.4. The monoisotopic (exact) mass is 335 g/mol. The van der Waals surface area contributed by atoms with Crippen LogP contribution in [-0.2, 0) is 21.2 Å². The topological polar surface area (TPSA) is 46.6 Å². The SMILES string of the molecule is O=S1(=O)CC[C@H](OCc2ccccc2)[C@@H]2CN(CC3CC3)C[C@@H]21. The van der Waals surface area contributed by atoms with E-state index >= 15 is 0 Å². The van der Waals surface area contributed by atoms with Crippen LogP contribution in [0.2, 0.25) is 0 Å². The summed E-state index contributed by atoms with van der Waals surface area (Å²) in [6.45, 7) is 3.26. The first-order chi connectivity index (χ1) is 11.1. The Balaban J connectivity index is 1.43. The van der Waals surface area contributed by atoms with Gasteiger partial charge in [0.15, 0.2) is 9.84 Å². The molecular formula is C18H25NO3S. The zero-order chi connectivity index (χ0) is 15.9. The number of hydrogen-bond donors (Lipinski definition) is 0. The van der Waals surface area contributed by atoms with Crippen molar-refractivity contribution in [1.82, 2.24) is 4.90 Å². The maximum atomic E-state index is 12.4. The quantitative estimate of drug-likeness (QED) is 0.827. The second-order valence-electron chi connectivity index (χ2n) is 7.35. The molecule has 23 heavy (non-hydrogen) atoms. The van der Waals surface area contributed by atoms with Gasteiger partial charge in [-0.1, -0.05) is 30.3 Å². The van der Waals surface area contributed by atoms with E-state index in [9.17, 15) is 8.42 Å². The first kappa shape index (κ1) is 15.6. The van der Waals surface area contributed by atoms with Crippen LogP contribution in [0.3, 0.4) is 0 Å². The number of fused-ring (bicyclic) bond motifs is 1. The first-order valence-corrected chi connectivity index (χ1v) is 10.4. The number of ether oxygens (including phenoxy) is 1. The maximum Gasteiger partial charge on any atom is 0.154 e. The summed E-state index contributed by atoms with van der Waals surface area (Å²) in [7, 11) is -2.95. The van der Waals surface area contributed by atoms with Gasteiger partial charge in [0.05, 0.1) is 23.7 Å². The van der Waals surface area contributed by atoms with Gasteiger partial charge in [-0.3, -0.25) is 0 Å². The molecule has 1 aromatic rings. The summed E-state index contributed by atoms with van der Waals surface area (Å²) in [6, 6.07) is 10.1. The fraction of sp³-hybridized carbons (Fsp3) is 0.667. The van der Waals surface area contributed by atoms with Gasteiger partial charge in [-0.05, 0) is 30.7 Å². The van der Waals surface area contributed by atoms with Crippen molar-refractivity contribution in [3.05, 3.63) is 35.9 Å². The van der Waals surface area contributed by atoms with E-state index in [-0.39, 0.29) is 23.0 Å². The molecule has 0 bridgehead atoms. The van der Waals surface area contributed by atoms with Crippen LogP contribution in [0.1, 0.15) is 24.8 Å². The van der Waals surface area contributed by atoms with Crippen LogP contribution in [0.5, 0.6) is 0 Å². The van der Waals surface area contributed by atoms with E-state index in [1.165, 1.54) is 12.8 Å². The van der Waals surface area contributed by atoms with Crippen molar-refractivity contribution in [2.75, 3.05) is 25.4 Å². The molecule has 2 saturated heterocycles. The van der Waals surface area contributed by atoms with Crippen molar-refractivity contribution >= 4 is 9.84 Å². The Morgan fingerprint density at radius 1 is 1.09 bits per heavy atom. The molecule has 0 N–H and O–H groups in total. The van der Waals surface area contributed by atoms with Gasteiger partial charge in [-0.15, -0.1) is 0 Å². The highest BCUT2D eigenvalue weighted by Gasteiger charge is 2.49.